The molecular formula is C31H29F12N5O10. The topological polar surface area (TPSA) is 220 Å². The number of benzene rings is 1. The van der Waals surface area contributed by atoms with Crippen molar-refractivity contribution in [1.82, 2.24) is 15.3 Å². The van der Waals surface area contributed by atoms with Gasteiger partial charge >= 0.3 is 48.6 Å². The first-order valence-electron chi connectivity index (χ1n) is 15.0. The Morgan fingerprint density at radius 1 is 0.621 bits per heavy atom. The zero-order valence-electron chi connectivity index (χ0n) is 28.9. The maximum atomic E-state index is 12.5. The van der Waals surface area contributed by atoms with Crippen LogP contribution in [-0.2, 0) is 25.7 Å². The highest BCUT2D eigenvalue weighted by Crippen LogP contribution is 2.21. The summed E-state index contributed by atoms with van der Waals surface area (Å²) < 4.78 is 132. The molecule has 0 saturated carbocycles. The first-order valence-corrected chi connectivity index (χ1v) is 15.0. The molecule has 0 bridgehead atoms. The highest BCUT2D eigenvalue weighted by atomic mass is 19.4. The molecule has 2 aromatic heterocycles. The maximum absolute atomic E-state index is 12.5. The van der Waals surface area contributed by atoms with Gasteiger partial charge in [0.1, 0.15) is 11.4 Å². The smallest absolute Gasteiger partial charge is 0.490 e. The number of carbonyl (C=O) groups is 5. The number of anilines is 2. The number of rotatable bonds is 6. The number of piperazine rings is 1. The van der Waals surface area contributed by atoms with Crippen molar-refractivity contribution in [3.8, 4) is 5.75 Å². The minimum atomic E-state index is -5.08. The quantitative estimate of drug-likeness (QED) is 0.200. The summed E-state index contributed by atoms with van der Waals surface area (Å²) in [6.45, 7) is 4.08. The molecule has 1 saturated heterocycles. The number of amides is 1. The van der Waals surface area contributed by atoms with Crippen LogP contribution in [0, 0.1) is 0 Å². The van der Waals surface area contributed by atoms with Gasteiger partial charge < -0.3 is 40.3 Å². The van der Waals surface area contributed by atoms with Crippen molar-refractivity contribution >= 4 is 41.2 Å². The van der Waals surface area contributed by atoms with Gasteiger partial charge in [-0.2, -0.15) is 52.7 Å². The second-order valence-corrected chi connectivity index (χ2v) is 10.3. The first-order chi connectivity index (χ1) is 26.5. The van der Waals surface area contributed by atoms with E-state index in [1.165, 1.54) is 5.69 Å². The fraction of sp³-hybridized carbons (Fsp3) is 0.323. The maximum Gasteiger partial charge on any atom is 0.490 e. The van der Waals surface area contributed by atoms with E-state index in [4.69, 9.17) is 44.3 Å². The number of aromatic nitrogens is 2. The van der Waals surface area contributed by atoms with E-state index in [9.17, 15) is 57.5 Å². The van der Waals surface area contributed by atoms with Crippen LogP contribution in [0.3, 0.4) is 0 Å². The third-order valence-corrected chi connectivity index (χ3v) is 6.26. The first kappa shape index (κ1) is 51.4. The van der Waals surface area contributed by atoms with E-state index in [-0.39, 0.29) is 5.91 Å². The van der Waals surface area contributed by atoms with E-state index < -0.39 is 48.6 Å². The standard InChI is InChI=1S/C23H25N5O2.4C2HF3O2/c1-30-22-5-3-2-4-18(22)16-26-23(29)21-7-6-20(17-25-21)28-14-12-27(13-15-28)19-8-10-24-11-9-19;4*3-2(4,5)1(6)7/h2-11,17H,12-16H2,1H3,(H,26,29);4*(H,6,7). The van der Waals surface area contributed by atoms with Gasteiger partial charge in [-0.1, -0.05) is 18.2 Å². The van der Waals surface area contributed by atoms with Gasteiger partial charge in [-0.3, -0.25) is 9.78 Å². The lowest BCUT2D eigenvalue weighted by Gasteiger charge is -2.37. The SMILES string of the molecule is COc1ccccc1CNC(=O)c1ccc(N2CCN(c3ccncc3)CC2)cn1.O=C(O)C(F)(F)F.O=C(O)C(F)(F)F.O=C(O)C(F)(F)F.O=C(O)C(F)(F)F. The predicted molar refractivity (Wildman–Crippen MR) is 172 cm³/mol. The number of nitrogens with one attached hydrogen (secondary N) is 1. The van der Waals surface area contributed by atoms with Crippen molar-refractivity contribution < 1.29 is 102 Å². The number of para-hydroxylation sites is 1. The molecule has 3 heterocycles. The summed E-state index contributed by atoms with van der Waals surface area (Å²) in [7, 11) is 1.62. The van der Waals surface area contributed by atoms with Gasteiger partial charge in [-0.25, -0.2) is 24.2 Å². The van der Waals surface area contributed by atoms with E-state index in [1.807, 2.05) is 54.9 Å². The van der Waals surface area contributed by atoms with Crippen LogP contribution in [0.5, 0.6) is 5.75 Å². The lowest BCUT2D eigenvalue weighted by atomic mass is 10.2. The number of ether oxygens (including phenoxy) is 1. The van der Waals surface area contributed by atoms with Crippen LogP contribution in [0.2, 0.25) is 0 Å². The normalized spacial score (nSPS) is 12.6. The summed E-state index contributed by atoms with van der Waals surface area (Å²) in [6.07, 6.45) is -14.9. The number of carbonyl (C=O) groups excluding carboxylic acids is 1. The summed E-state index contributed by atoms with van der Waals surface area (Å²) in [4.78, 5) is 61.2. The summed E-state index contributed by atoms with van der Waals surface area (Å²) >= 11 is 0. The molecule has 0 unspecified atom stereocenters. The van der Waals surface area contributed by atoms with Gasteiger partial charge in [0, 0.05) is 56.4 Å². The fourth-order valence-electron chi connectivity index (χ4n) is 3.60. The molecule has 5 N–H and O–H groups in total. The number of alkyl halides is 12. The minimum absolute atomic E-state index is 0.199. The summed E-state index contributed by atoms with van der Waals surface area (Å²) in [5.74, 6) is -10.5. The third kappa shape index (κ3) is 20.4. The molecule has 0 atom stereocenters. The number of methoxy groups -OCH3 is 1. The van der Waals surface area contributed by atoms with E-state index >= 15 is 0 Å². The number of aliphatic carboxylic acids is 4. The second-order valence-electron chi connectivity index (χ2n) is 10.3. The van der Waals surface area contributed by atoms with Crippen LogP contribution in [0.25, 0.3) is 0 Å². The lowest BCUT2D eigenvalue weighted by molar-refractivity contribution is -0.193. The zero-order valence-corrected chi connectivity index (χ0v) is 28.9. The molecule has 1 aromatic carbocycles. The Hall–Kier alpha value is -6.57. The van der Waals surface area contributed by atoms with Gasteiger partial charge in [0.2, 0.25) is 0 Å². The molecular weight excluding hydrogens is 830 g/mol. The Bertz CT molecular complexity index is 1670. The van der Waals surface area contributed by atoms with Crippen LogP contribution < -0.4 is 19.9 Å². The minimum Gasteiger partial charge on any atom is -0.496 e. The number of halogens is 12. The number of carboxylic acids is 4. The number of hydrogen-bond donors (Lipinski definition) is 5. The summed E-state index contributed by atoms with van der Waals surface area (Å²) in [5, 5.41) is 31.4. The van der Waals surface area contributed by atoms with Crippen molar-refractivity contribution in [3.63, 3.8) is 0 Å². The molecule has 3 aromatic rings. The third-order valence-electron chi connectivity index (χ3n) is 6.26. The molecule has 27 heteroatoms. The van der Waals surface area contributed by atoms with Crippen molar-refractivity contribution in [2.45, 2.75) is 31.2 Å². The molecule has 1 amide bonds. The molecule has 1 aliphatic rings. The molecule has 4 rings (SSSR count). The molecule has 1 aliphatic heterocycles. The van der Waals surface area contributed by atoms with Gasteiger partial charge in [-0.05, 0) is 30.3 Å². The van der Waals surface area contributed by atoms with E-state index in [2.05, 4.69) is 25.1 Å². The zero-order chi connectivity index (χ0) is 45.1. The van der Waals surface area contributed by atoms with Crippen molar-refractivity contribution in [2.75, 3.05) is 43.1 Å². The molecule has 322 valence electrons. The van der Waals surface area contributed by atoms with Crippen molar-refractivity contribution in [2.24, 2.45) is 0 Å². The van der Waals surface area contributed by atoms with Gasteiger partial charge in [-0.15, -0.1) is 0 Å². The number of hydrogen-bond acceptors (Lipinski definition) is 10. The summed E-state index contributed by atoms with van der Waals surface area (Å²) in [5.41, 5.74) is 3.57. The number of carboxylic acid groups (broad SMARTS) is 4. The highest BCUT2D eigenvalue weighted by molar-refractivity contribution is 5.92. The Balaban J connectivity index is 0.000000940. The summed E-state index contributed by atoms with van der Waals surface area (Å²) in [6, 6.07) is 15.5. The highest BCUT2D eigenvalue weighted by Gasteiger charge is 2.40. The average Bonchev–Trinajstić information content (AvgIpc) is 3.14. The predicted octanol–water partition coefficient (Wildman–Crippen LogP) is 5.28. The van der Waals surface area contributed by atoms with E-state index in [1.54, 1.807) is 19.4 Å². The molecule has 0 spiro atoms. The molecule has 0 radical (unpaired) electrons. The Labute approximate surface area is 317 Å². The molecule has 15 nitrogen and oxygen atoms in total. The second kappa shape index (κ2) is 22.9. The van der Waals surface area contributed by atoms with E-state index in [0.29, 0.717) is 12.2 Å². The van der Waals surface area contributed by atoms with Crippen molar-refractivity contribution in [1.29, 1.82) is 0 Å². The van der Waals surface area contributed by atoms with Gasteiger partial charge in [0.05, 0.1) is 19.0 Å². The number of nitrogens with zero attached hydrogens (tertiary/aromatic N) is 4. The monoisotopic (exact) mass is 859 g/mol. The van der Waals surface area contributed by atoms with Crippen LogP contribution in [-0.4, -0.2) is 118 Å². The molecule has 1 fully saturated rings. The van der Waals surface area contributed by atoms with Crippen LogP contribution in [0.4, 0.5) is 64.1 Å². The van der Waals surface area contributed by atoms with Gasteiger partial charge in [0.25, 0.3) is 5.91 Å². The Morgan fingerprint density at radius 2 is 1.00 bits per heavy atom. The lowest BCUT2D eigenvalue weighted by Crippen LogP contribution is -2.46. The van der Waals surface area contributed by atoms with E-state index in [0.717, 1.165) is 43.2 Å². The molecule has 0 aliphatic carbocycles. The number of pyridine rings is 2. The van der Waals surface area contributed by atoms with Crippen LogP contribution in [0.1, 0.15) is 16.1 Å². The largest absolute Gasteiger partial charge is 0.496 e. The average molecular weight is 860 g/mol. The van der Waals surface area contributed by atoms with Crippen LogP contribution in [0.15, 0.2) is 67.1 Å². The van der Waals surface area contributed by atoms with Crippen molar-refractivity contribution in [3.05, 3.63) is 78.4 Å². The molecule has 58 heavy (non-hydrogen) atoms. The Kier molecular flexibility index (Phi) is 20.3. The fourth-order valence-corrected chi connectivity index (χ4v) is 3.60. The van der Waals surface area contributed by atoms with Crippen LogP contribution >= 0.6 is 0 Å². The van der Waals surface area contributed by atoms with Gasteiger partial charge in [0.15, 0.2) is 0 Å². The Morgan fingerprint density at radius 3 is 1.34 bits per heavy atom.